The highest BCUT2D eigenvalue weighted by atomic mass is 16.5. The molecule has 3 heterocycles. The Kier molecular flexibility index (Phi) is 3.23. The van der Waals surface area contributed by atoms with Gasteiger partial charge in [-0.05, 0) is 36.7 Å². The summed E-state index contributed by atoms with van der Waals surface area (Å²) in [6, 6.07) is 6.21. The van der Waals surface area contributed by atoms with Gasteiger partial charge < -0.3 is 15.0 Å². The number of ether oxygens (including phenoxy) is 1. The number of anilines is 1. The molecule has 2 N–H and O–H groups in total. The van der Waals surface area contributed by atoms with E-state index >= 15 is 0 Å². The van der Waals surface area contributed by atoms with Crippen molar-refractivity contribution in [3.63, 3.8) is 0 Å². The third-order valence-electron chi connectivity index (χ3n) is 4.06. The SMILES string of the molecule is c1cc2c(cc1-c1nc(N3CCCNCC3)n[nH]1)CCO2. The van der Waals surface area contributed by atoms with Crippen LogP contribution in [0.25, 0.3) is 11.4 Å². The molecule has 4 rings (SSSR count). The second kappa shape index (κ2) is 5.37. The van der Waals surface area contributed by atoms with Gasteiger partial charge in [0.1, 0.15) is 5.75 Å². The van der Waals surface area contributed by atoms with Crippen molar-refractivity contribution in [1.29, 1.82) is 0 Å². The molecule has 2 aromatic rings. The molecule has 0 unspecified atom stereocenters. The van der Waals surface area contributed by atoms with E-state index in [0.29, 0.717) is 0 Å². The Hall–Kier alpha value is -2.08. The first-order valence-corrected chi connectivity index (χ1v) is 7.54. The number of aromatic amines is 1. The summed E-state index contributed by atoms with van der Waals surface area (Å²) < 4.78 is 5.54. The van der Waals surface area contributed by atoms with Crippen molar-refractivity contribution < 1.29 is 4.74 Å². The maximum atomic E-state index is 5.54. The molecule has 6 heteroatoms. The van der Waals surface area contributed by atoms with Gasteiger partial charge in [0.2, 0.25) is 5.95 Å². The van der Waals surface area contributed by atoms with Gasteiger partial charge in [-0.15, -0.1) is 5.10 Å². The average Bonchev–Trinajstić information content (AvgIpc) is 3.10. The molecule has 110 valence electrons. The molecule has 0 aliphatic carbocycles. The van der Waals surface area contributed by atoms with Crippen molar-refractivity contribution >= 4 is 5.95 Å². The normalized spacial score (nSPS) is 18.2. The van der Waals surface area contributed by atoms with Crippen LogP contribution in [0.3, 0.4) is 0 Å². The van der Waals surface area contributed by atoms with Gasteiger partial charge in [0, 0.05) is 31.6 Å². The third kappa shape index (κ3) is 2.47. The minimum atomic E-state index is 0.779. The van der Waals surface area contributed by atoms with Gasteiger partial charge in [-0.2, -0.15) is 4.98 Å². The van der Waals surface area contributed by atoms with Crippen molar-refractivity contribution in [2.45, 2.75) is 12.8 Å². The van der Waals surface area contributed by atoms with Crippen molar-refractivity contribution in [2.24, 2.45) is 0 Å². The molecule has 2 aliphatic rings. The lowest BCUT2D eigenvalue weighted by molar-refractivity contribution is 0.357. The quantitative estimate of drug-likeness (QED) is 0.868. The molecule has 0 saturated carbocycles. The van der Waals surface area contributed by atoms with Crippen LogP contribution in [-0.2, 0) is 6.42 Å². The van der Waals surface area contributed by atoms with E-state index < -0.39 is 0 Å². The van der Waals surface area contributed by atoms with E-state index in [1.807, 2.05) is 12.1 Å². The highest BCUT2D eigenvalue weighted by Gasteiger charge is 2.17. The number of nitrogens with zero attached hydrogens (tertiary/aromatic N) is 3. The molecule has 1 aromatic heterocycles. The number of benzene rings is 1. The lowest BCUT2D eigenvalue weighted by atomic mass is 10.1. The van der Waals surface area contributed by atoms with Crippen molar-refractivity contribution in [1.82, 2.24) is 20.5 Å². The monoisotopic (exact) mass is 285 g/mol. The van der Waals surface area contributed by atoms with E-state index in [4.69, 9.17) is 4.74 Å². The Bertz CT molecular complexity index is 631. The van der Waals surface area contributed by atoms with E-state index in [1.54, 1.807) is 0 Å². The first-order valence-electron chi connectivity index (χ1n) is 7.54. The summed E-state index contributed by atoms with van der Waals surface area (Å²) in [4.78, 5) is 6.89. The lowest BCUT2D eigenvalue weighted by Gasteiger charge is -2.16. The van der Waals surface area contributed by atoms with Crippen LogP contribution in [0.5, 0.6) is 5.75 Å². The number of H-pyrrole nitrogens is 1. The molecule has 6 nitrogen and oxygen atoms in total. The van der Waals surface area contributed by atoms with E-state index in [-0.39, 0.29) is 0 Å². The number of aromatic nitrogens is 3. The highest BCUT2D eigenvalue weighted by Crippen LogP contribution is 2.29. The maximum absolute atomic E-state index is 5.54. The zero-order valence-corrected chi connectivity index (χ0v) is 11.9. The molecule has 0 atom stereocenters. The zero-order valence-electron chi connectivity index (χ0n) is 11.9. The Morgan fingerprint density at radius 3 is 3.19 bits per heavy atom. The Morgan fingerprint density at radius 2 is 2.19 bits per heavy atom. The summed E-state index contributed by atoms with van der Waals surface area (Å²) in [6.07, 6.45) is 2.10. The van der Waals surface area contributed by atoms with Gasteiger partial charge in [-0.3, -0.25) is 5.10 Å². The molecule has 0 amide bonds. The lowest BCUT2D eigenvalue weighted by Crippen LogP contribution is -2.28. The van der Waals surface area contributed by atoms with Crippen LogP contribution in [0.15, 0.2) is 18.2 Å². The van der Waals surface area contributed by atoms with Gasteiger partial charge in [-0.1, -0.05) is 0 Å². The van der Waals surface area contributed by atoms with Crippen molar-refractivity contribution in [2.75, 3.05) is 37.7 Å². The average molecular weight is 285 g/mol. The predicted octanol–water partition coefficient (Wildman–Crippen LogP) is 1.21. The van der Waals surface area contributed by atoms with Crippen LogP contribution in [0, 0.1) is 0 Å². The smallest absolute Gasteiger partial charge is 0.245 e. The number of nitrogens with one attached hydrogen (secondary N) is 2. The van der Waals surface area contributed by atoms with Gasteiger partial charge in [-0.25, -0.2) is 0 Å². The summed E-state index contributed by atoms with van der Waals surface area (Å²) in [6.45, 7) is 4.79. The molecular formula is C15H19N5O. The summed E-state index contributed by atoms with van der Waals surface area (Å²) in [7, 11) is 0. The fourth-order valence-corrected chi connectivity index (χ4v) is 2.90. The van der Waals surface area contributed by atoms with Gasteiger partial charge in [0.15, 0.2) is 5.82 Å². The fourth-order valence-electron chi connectivity index (χ4n) is 2.90. The molecule has 0 spiro atoms. The predicted molar refractivity (Wildman–Crippen MR) is 80.7 cm³/mol. The second-order valence-corrected chi connectivity index (χ2v) is 5.50. The Labute approximate surface area is 123 Å². The number of rotatable bonds is 2. The van der Waals surface area contributed by atoms with Crippen LogP contribution in [0.2, 0.25) is 0 Å². The second-order valence-electron chi connectivity index (χ2n) is 5.50. The molecule has 1 fully saturated rings. The molecule has 1 aromatic carbocycles. The molecule has 21 heavy (non-hydrogen) atoms. The first kappa shape index (κ1) is 12.6. The zero-order chi connectivity index (χ0) is 14.1. The Morgan fingerprint density at radius 1 is 1.19 bits per heavy atom. The fraction of sp³-hybridized carbons (Fsp3) is 0.467. The van der Waals surface area contributed by atoms with Crippen LogP contribution < -0.4 is 15.0 Å². The molecule has 1 saturated heterocycles. The van der Waals surface area contributed by atoms with Crippen LogP contribution >= 0.6 is 0 Å². The molecular weight excluding hydrogens is 266 g/mol. The van der Waals surface area contributed by atoms with Crippen LogP contribution in [-0.4, -0.2) is 48.0 Å². The minimum absolute atomic E-state index is 0.779. The number of hydrogen-bond donors (Lipinski definition) is 2. The van der Waals surface area contributed by atoms with Gasteiger partial charge in [0.05, 0.1) is 6.61 Å². The summed E-state index contributed by atoms with van der Waals surface area (Å²) in [5.74, 6) is 2.62. The largest absolute Gasteiger partial charge is 0.493 e. The topological polar surface area (TPSA) is 66.1 Å². The van der Waals surface area contributed by atoms with Crippen molar-refractivity contribution in [3.05, 3.63) is 23.8 Å². The van der Waals surface area contributed by atoms with E-state index in [1.165, 1.54) is 5.56 Å². The first-order chi connectivity index (χ1) is 10.4. The van der Waals surface area contributed by atoms with Gasteiger partial charge >= 0.3 is 0 Å². The maximum Gasteiger partial charge on any atom is 0.245 e. The number of hydrogen-bond acceptors (Lipinski definition) is 5. The van der Waals surface area contributed by atoms with Crippen LogP contribution in [0.4, 0.5) is 5.95 Å². The van der Waals surface area contributed by atoms with E-state index in [2.05, 4.69) is 31.5 Å². The third-order valence-corrected chi connectivity index (χ3v) is 4.06. The standard InChI is InChI=1S/C15H19N5O/c1-5-16-6-8-20(7-1)15-17-14(18-19-15)12-2-3-13-11(10-12)4-9-21-13/h2-3,10,16H,1,4-9H2,(H,17,18,19). The molecule has 0 bridgehead atoms. The van der Waals surface area contributed by atoms with E-state index in [9.17, 15) is 0 Å². The van der Waals surface area contributed by atoms with Crippen LogP contribution in [0.1, 0.15) is 12.0 Å². The van der Waals surface area contributed by atoms with Gasteiger partial charge in [0.25, 0.3) is 0 Å². The number of fused-ring (bicyclic) bond motifs is 1. The van der Waals surface area contributed by atoms with E-state index in [0.717, 1.165) is 68.7 Å². The Balaban J connectivity index is 1.59. The highest BCUT2D eigenvalue weighted by molar-refractivity contribution is 5.60. The van der Waals surface area contributed by atoms with Crippen molar-refractivity contribution in [3.8, 4) is 17.1 Å². The molecule has 0 radical (unpaired) electrons. The minimum Gasteiger partial charge on any atom is -0.493 e. The molecule has 2 aliphatic heterocycles. The summed E-state index contributed by atoms with van der Waals surface area (Å²) in [5.41, 5.74) is 2.33. The summed E-state index contributed by atoms with van der Waals surface area (Å²) >= 11 is 0. The summed E-state index contributed by atoms with van der Waals surface area (Å²) in [5, 5.41) is 10.8.